The SMILES string of the molecule is COc1ccc(OC)c(CC(=O)Nc2ccc(N3CCN(Cc4ccccc4)CC3)cc2)c1. The second kappa shape index (κ2) is 10.9. The first-order valence-electron chi connectivity index (χ1n) is 11.3. The minimum atomic E-state index is -0.0937. The van der Waals surface area contributed by atoms with E-state index in [9.17, 15) is 4.79 Å². The van der Waals surface area contributed by atoms with Gasteiger partial charge >= 0.3 is 0 Å². The molecule has 1 saturated heterocycles. The highest BCUT2D eigenvalue weighted by atomic mass is 16.5. The summed E-state index contributed by atoms with van der Waals surface area (Å²) in [7, 11) is 3.21. The third-order valence-corrected chi connectivity index (χ3v) is 5.98. The minimum absolute atomic E-state index is 0.0937. The van der Waals surface area contributed by atoms with Crippen LogP contribution in [0.2, 0.25) is 0 Å². The normalized spacial score (nSPS) is 14.1. The molecule has 0 bridgehead atoms. The van der Waals surface area contributed by atoms with E-state index in [0.29, 0.717) is 11.5 Å². The van der Waals surface area contributed by atoms with Crippen molar-refractivity contribution in [2.75, 3.05) is 50.6 Å². The first-order chi connectivity index (χ1) is 16.1. The van der Waals surface area contributed by atoms with Gasteiger partial charge in [0.2, 0.25) is 5.91 Å². The van der Waals surface area contributed by atoms with Gasteiger partial charge in [0.15, 0.2) is 0 Å². The lowest BCUT2D eigenvalue weighted by Crippen LogP contribution is -2.45. The molecule has 1 aliphatic rings. The van der Waals surface area contributed by atoms with Crippen LogP contribution in [0.25, 0.3) is 0 Å². The number of hydrogen-bond donors (Lipinski definition) is 1. The zero-order valence-corrected chi connectivity index (χ0v) is 19.3. The van der Waals surface area contributed by atoms with E-state index in [-0.39, 0.29) is 12.3 Å². The van der Waals surface area contributed by atoms with Crippen molar-refractivity contribution in [2.24, 2.45) is 0 Å². The van der Waals surface area contributed by atoms with E-state index in [1.165, 1.54) is 11.3 Å². The maximum absolute atomic E-state index is 12.6. The van der Waals surface area contributed by atoms with Crippen LogP contribution in [0.3, 0.4) is 0 Å². The molecule has 0 radical (unpaired) electrons. The predicted molar refractivity (Wildman–Crippen MR) is 132 cm³/mol. The second-order valence-corrected chi connectivity index (χ2v) is 8.20. The van der Waals surface area contributed by atoms with Gasteiger partial charge in [0.25, 0.3) is 0 Å². The zero-order chi connectivity index (χ0) is 23.0. The fourth-order valence-electron chi connectivity index (χ4n) is 4.16. The number of rotatable bonds is 8. The Kier molecular flexibility index (Phi) is 7.47. The number of piperazine rings is 1. The molecule has 4 rings (SSSR count). The third kappa shape index (κ3) is 6.05. The van der Waals surface area contributed by atoms with Crippen molar-refractivity contribution >= 4 is 17.3 Å². The number of benzene rings is 3. The van der Waals surface area contributed by atoms with Crippen LogP contribution >= 0.6 is 0 Å². The maximum atomic E-state index is 12.6. The van der Waals surface area contributed by atoms with Gasteiger partial charge in [-0.2, -0.15) is 0 Å². The smallest absolute Gasteiger partial charge is 0.228 e. The van der Waals surface area contributed by atoms with Gasteiger partial charge in [0.1, 0.15) is 11.5 Å². The van der Waals surface area contributed by atoms with E-state index in [1.54, 1.807) is 14.2 Å². The second-order valence-electron chi connectivity index (χ2n) is 8.20. The summed E-state index contributed by atoms with van der Waals surface area (Å²) in [6.45, 7) is 5.06. The molecule has 0 unspecified atom stereocenters. The van der Waals surface area contributed by atoms with Crippen LogP contribution in [0.1, 0.15) is 11.1 Å². The Labute approximate surface area is 195 Å². The Morgan fingerprint density at radius 2 is 1.61 bits per heavy atom. The number of amides is 1. The third-order valence-electron chi connectivity index (χ3n) is 5.98. The number of methoxy groups -OCH3 is 2. The van der Waals surface area contributed by atoms with E-state index < -0.39 is 0 Å². The lowest BCUT2D eigenvalue weighted by atomic mass is 10.1. The van der Waals surface area contributed by atoms with Crippen LogP contribution in [0, 0.1) is 0 Å². The molecular weight excluding hydrogens is 414 g/mol. The summed E-state index contributed by atoms with van der Waals surface area (Å²) in [5.74, 6) is 1.28. The summed E-state index contributed by atoms with van der Waals surface area (Å²) in [6.07, 6.45) is 0.214. The lowest BCUT2D eigenvalue weighted by Gasteiger charge is -2.36. The van der Waals surface area contributed by atoms with E-state index in [1.807, 2.05) is 30.3 Å². The molecule has 6 nitrogen and oxygen atoms in total. The summed E-state index contributed by atoms with van der Waals surface area (Å²) in [5, 5.41) is 2.98. The quantitative estimate of drug-likeness (QED) is 0.563. The summed E-state index contributed by atoms with van der Waals surface area (Å²) in [6, 6.07) is 24.2. The predicted octanol–water partition coefficient (Wildman–Crippen LogP) is 4.21. The first-order valence-corrected chi connectivity index (χ1v) is 11.3. The molecule has 172 valence electrons. The number of nitrogens with zero attached hydrogens (tertiary/aromatic N) is 2. The van der Waals surface area contributed by atoms with Gasteiger partial charge < -0.3 is 19.7 Å². The highest BCUT2D eigenvalue weighted by molar-refractivity contribution is 5.92. The molecule has 33 heavy (non-hydrogen) atoms. The number of anilines is 2. The average Bonchev–Trinajstić information content (AvgIpc) is 2.85. The van der Waals surface area contributed by atoms with Crippen molar-refractivity contribution in [3.05, 3.63) is 83.9 Å². The van der Waals surface area contributed by atoms with Crippen LogP contribution in [-0.2, 0) is 17.8 Å². The monoisotopic (exact) mass is 445 g/mol. The zero-order valence-electron chi connectivity index (χ0n) is 19.3. The lowest BCUT2D eigenvalue weighted by molar-refractivity contribution is -0.115. The molecule has 6 heteroatoms. The van der Waals surface area contributed by atoms with Crippen LogP contribution in [0.4, 0.5) is 11.4 Å². The maximum Gasteiger partial charge on any atom is 0.228 e. The van der Waals surface area contributed by atoms with Crippen LogP contribution in [-0.4, -0.2) is 51.2 Å². The number of ether oxygens (including phenoxy) is 2. The van der Waals surface area contributed by atoms with E-state index in [4.69, 9.17) is 9.47 Å². The molecule has 1 aliphatic heterocycles. The Morgan fingerprint density at radius 3 is 2.27 bits per heavy atom. The topological polar surface area (TPSA) is 54.0 Å². The molecule has 1 fully saturated rings. The van der Waals surface area contributed by atoms with Crippen LogP contribution in [0.15, 0.2) is 72.8 Å². The largest absolute Gasteiger partial charge is 0.497 e. The molecule has 1 N–H and O–H groups in total. The molecule has 3 aromatic carbocycles. The van der Waals surface area contributed by atoms with Gasteiger partial charge in [0.05, 0.1) is 20.6 Å². The number of hydrogen-bond acceptors (Lipinski definition) is 5. The molecule has 1 heterocycles. The standard InChI is InChI=1S/C27H31N3O3/c1-32-25-12-13-26(33-2)22(18-25)19-27(31)28-23-8-10-24(11-9-23)30-16-14-29(15-17-30)20-21-6-4-3-5-7-21/h3-13,18H,14-17,19-20H2,1-2H3,(H,28,31). The van der Waals surface area contributed by atoms with Crippen LogP contribution in [0.5, 0.6) is 11.5 Å². The molecule has 0 aliphatic carbocycles. The summed E-state index contributed by atoms with van der Waals surface area (Å²) in [4.78, 5) is 17.5. The molecule has 0 spiro atoms. The number of carbonyl (C=O) groups is 1. The Morgan fingerprint density at radius 1 is 0.879 bits per heavy atom. The van der Waals surface area contributed by atoms with Crippen molar-refractivity contribution in [1.82, 2.24) is 4.90 Å². The van der Waals surface area contributed by atoms with Crippen LogP contribution < -0.4 is 19.7 Å². The summed E-state index contributed by atoms with van der Waals surface area (Å²) < 4.78 is 10.6. The highest BCUT2D eigenvalue weighted by Crippen LogP contribution is 2.25. The first kappa shape index (κ1) is 22.7. The molecule has 0 atom stereocenters. The van der Waals surface area contributed by atoms with Gasteiger partial charge in [0, 0.05) is 49.7 Å². The van der Waals surface area contributed by atoms with Crippen molar-refractivity contribution < 1.29 is 14.3 Å². The van der Waals surface area contributed by atoms with Gasteiger partial charge in [-0.05, 0) is 48.0 Å². The molecule has 0 aromatic heterocycles. The molecular formula is C27H31N3O3. The van der Waals surface area contributed by atoms with E-state index >= 15 is 0 Å². The fourth-order valence-corrected chi connectivity index (χ4v) is 4.16. The minimum Gasteiger partial charge on any atom is -0.497 e. The molecule has 0 saturated carbocycles. The Bertz CT molecular complexity index is 1050. The summed E-state index contributed by atoms with van der Waals surface area (Å²) in [5.41, 5.74) is 4.12. The number of nitrogens with one attached hydrogen (secondary N) is 1. The van der Waals surface area contributed by atoms with Gasteiger partial charge in [-0.15, -0.1) is 0 Å². The van der Waals surface area contributed by atoms with Gasteiger partial charge in [-0.25, -0.2) is 0 Å². The summed E-state index contributed by atoms with van der Waals surface area (Å²) >= 11 is 0. The number of carbonyl (C=O) groups excluding carboxylic acids is 1. The highest BCUT2D eigenvalue weighted by Gasteiger charge is 2.17. The van der Waals surface area contributed by atoms with Crippen molar-refractivity contribution in [3.8, 4) is 11.5 Å². The van der Waals surface area contributed by atoms with E-state index in [2.05, 4.69) is 57.6 Å². The molecule has 1 amide bonds. The van der Waals surface area contributed by atoms with Crippen molar-refractivity contribution in [3.63, 3.8) is 0 Å². The Hall–Kier alpha value is -3.51. The van der Waals surface area contributed by atoms with Gasteiger partial charge in [-0.1, -0.05) is 30.3 Å². The molecule has 3 aromatic rings. The van der Waals surface area contributed by atoms with Crippen molar-refractivity contribution in [1.29, 1.82) is 0 Å². The Balaban J connectivity index is 1.29. The van der Waals surface area contributed by atoms with Crippen molar-refractivity contribution in [2.45, 2.75) is 13.0 Å². The fraction of sp³-hybridized carbons (Fsp3) is 0.296. The van der Waals surface area contributed by atoms with E-state index in [0.717, 1.165) is 44.0 Å². The average molecular weight is 446 g/mol. The van der Waals surface area contributed by atoms with Gasteiger partial charge in [-0.3, -0.25) is 9.69 Å².